The summed E-state index contributed by atoms with van der Waals surface area (Å²) in [4.78, 5) is 14.2. The topological polar surface area (TPSA) is 35.1 Å². The molecule has 0 amide bonds. The highest BCUT2D eigenvalue weighted by atomic mass is 19.1. The van der Waals surface area contributed by atoms with Crippen LogP contribution >= 0.6 is 0 Å². The standard InChI is InChI=1S/C28H44FN5O/c1-5-14-33(26-9-7-8-25(29)21-26)18-17-32(6-2)28-22-27(10-13-30-28)34-15-11-24(12-16-34)23-31(3)19-20-35-4/h7-10,13,21-22,24H,5-6,11-12,14-20,23H2,1-4H3. The van der Waals surface area contributed by atoms with Gasteiger partial charge in [-0.2, -0.15) is 0 Å². The minimum atomic E-state index is -0.185. The van der Waals surface area contributed by atoms with Gasteiger partial charge in [0.25, 0.3) is 0 Å². The summed E-state index contributed by atoms with van der Waals surface area (Å²) in [7, 11) is 3.95. The summed E-state index contributed by atoms with van der Waals surface area (Å²) in [5.41, 5.74) is 2.20. The third kappa shape index (κ3) is 8.36. The van der Waals surface area contributed by atoms with Gasteiger partial charge in [-0.25, -0.2) is 9.37 Å². The number of piperidine rings is 1. The Labute approximate surface area is 211 Å². The van der Waals surface area contributed by atoms with E-state index >= 15 is 0 Å². The molecule has 0 bridgehead atoms. The predicted molar refractivity (Wildman–Crippen MR) is 145 cm³/mol. The van der Waals surface area contributed by atoms with Crippen molar-refractivity contribution in [3.05, 3.63) is 48.4 Å². The predicted octanol–water partition coefficient (Wildman–Crippen LogP) is 4.76. The zero-order chi connectivity index (χ0) is 25.0. The van der Waals surface area contributed by atoms with Crippen LogP contribution in [-0.4, -0.2) is 83.0 Å². The summed E-state index contributed by atoms with van der Waals surface area (Å²) in [5, 5.41) is 0. The van der Waals surface area contributed by atoms with Crippen LogP contribution < -0.4 is 14.7 Å². The molecule has 1 aliphatic heterocycles. The van der Waals surface area contributed by atoms with Crippen LogP contribution in [0, 0.1) is 11.7 Å². The number of anilines is 3. The van der Waals surface area contributed by atoms with Crippen LogP contribution in [0.1, 0.15) is 33.1 Å². The Morgan fingerprint density at radius 2 is 1.80 bits per heavy atom. The first kappa shape index (κ1) is 27.2. The first-order chi connectivity index (χ1) is 17.0. The lowest BCUT2D eigenvalue weighted by molar-refractivity contribution is 0.148. The average molecular weight is 486 g/mol. The number of ether oxygens (including phenoxy) is 1. The smallest absolute Gasteiger partial charge is 0.130 e. The van der Waals surface area contributed by atoms with Gasteiger partial charge in [0.05, 0.1) is 6.61 Å². The first-order valence-electron chi connectivity index (χ1n) is 13.2. The van der Waals surface area contributed by atoms with Crippen molar-refractivity contribution in [1.82, 2.24) is 9.88 Å². The zero-order valence-electron chi connectivity index (χ0n) is 22.1. The van der Waals surface area contributed by atoms with Crippen molar-refractivity contribution in [1.29, 1.82) is 0 Å². The van der Waals surface area contributed by atoms with Crippen LogP contribution in [0.3, 0.4) is 0 Å². The van der Waals surface area contributed by atoms with E-state index in [4.69, 9.17) is 9.72 Å². The normalized spacial score (nSPS) is 14.5. The SMILES string of the molecule is CCCN(CCN(CC)c1cc(N2CCC(CN(C)CCOC)CC2)ccn1)c1cccc(F)c1. The monoisotopic (exact) mass is 485 g/mol. The summed E-state index contributed by atoms with van der Waals surface area (Å²) in [5.74, 6) is 1.58. The molecule has 1 aliphatic rings. The van der Waals surface area contributed by atoms with Gasteiger partial charge >= 0.3 is 0 Å². The van der Waals surface area contributed by atoms with Crippen molar-refractivity contribution in [2.45, 2.75) is 33.1 Å². The highest BCUT2D eigenvalue weighted by molar-refractivity contribution is 5.55. The van der Waals surface area contributed by atoms with E-state index in [2.05, 4.69) is 52.6 Å². The Bertz CT molecular complexity index is 874. The van der Waals surface area contributed by atoms with Crippen LogP contribution in [0.2, 0.25) is 0 Å². The summed E-state index contributed by atoms with van der Waals surface area (Å²) >= 11 is 0. The van der Waals surface area contributed by atoms with E-state index in [1.165, 1.54) is 24.6 Å². The third-order valence-corrected chi connectivity index (χ3v) is 6.97. The molecule has 0 spiro atoms. The summed E-state index contributed by atoms with van der Waals surface area (Å²) in [6.07, 6.45) is 5.39. The van der Waals surface area contributed by atoms with E-state index in [1.807, 2.05) is 12.3 Å². The maximum atomic E-state index is 13.8. The van der Waals surface area contributed by atoms with Gasteiger partial charge in [-0.3, -0.25) is 0 Å². The molecule has 194 valence electrons. The molecule has 0 aliphatic carbocycles. The number of methoxy groups -OCH3 is 1. The lowest BCUT2D eigenvalue weighted by Crippen LogP contribution is -2.39. The fourth-order valence-corrected chi connectivity index (χ4v) is 4.92. The number of aromatic nitrogens is 1. The molecule has 1 saturated heterocycles. The maximum absolute atomic E-state index is 13.8. The number of benzene rings is 1. The van der Waals surface area contributed by atoms with Crippen LogP contribution in [0.4, 0.5) is 21.6 Å². The van der Waals surface area contributed by atoms with E-state index in [1.54, 1.807) is 19.2 Å². The third-order valence-electron chi connectivity index (χ3n) is 6.97. The van der Waals surface area contributed by atoms with Crippen molar-refractivity contribution in [2.24, 2.45) is 5.92 Å². The van der Waals surface area contributed by atoms with Gasteiger partial charge in [-0.15, -0.1) is 0 Å². The fourth-order valence-electron chi connectivity index (χ4n) is 4.92. The van der Waals surface area contributed by atoms with Gasteiger partial charge in [-0.1, -0.05) is 13.0 Å². The Balaban J connectivity index is 1.57. The van der Waals surface area contributed by atoms with Crippen LogP contribution in [0.5, 0.6) is 0 Å². The molecular weight excluding hydrogens is 441 g/mol. The summed E-state index contributed by atoms with van der Waals surface area (Å²) in [6.45, 7) is 12.9. The van der Waals surface area contributed by atoms with Gasteiger partial charge in [0.2, 0.25) is 0 Å². The molecule has 2 aromatic rings. The minimum absolute atomic E-state index is 0.185. The molecule has 2 heterocycles. The number of hydrogen-bond donors (Lipinski definition) is 0. The average Bonchev–Trinajstić information content (AvgIpc) is 2.88. The van der Waals surface area contributed by atoms with Crippen molar-refractivity contribution in [3.63, 3.8) is 0 Å². The number of hydrogen-bond acceptors (Lipinski definition) is 6. The Morgan fingerprint density at radius 3 is 2.49 bits per heavy atom. The van der Waals surface area contributed by atoms with Gasteiger partial charge < -0.3 is 24.3 Å². The highest BCUT2D eigenvalue weighted by Crippen LogP contribution is 2.26. The summed E-state index contributed by atoms with van der Waals surface area (Å²) < 4.78 is 19.0. The van der Waals surface area contributed by atoms with E-state index < -0.39 is 0 Å². The molecule has 0 N–H and O–H groups in total. The highest BCUT2D eigenvalue weighted by Gasteiger charge is 2.21. The van der Waals surface area contributed by atoms with Gasteiger partial charge in [-0.05, 0) is 63.4 Å². The van der Waals surface area contributed by atoms with Crippen molar-refractivity contribution in [3.8, 4) is 0 Å². The Kier molecular flexibility index (Phi) is 11.1. The second kappa shape index (κ2) is 14.2. The molecule has 0 atom stereocenters. The molecule has 7 heteroatoms. The van der Waals surface area contributed by atoms with Crippen LogP contribution in [-0.2, 0) is 4.74 Å². The van der Waals surface area contributed by atoms with Crippen LogP contribution in [0.25, 0.3) is 0 Å². The second-order valence-corrected chi connectivity index (χ2v) is 9.60. The molecule has 0 saturated carbocycles. The van der Waals surface area contributed by atoms with Crippen molar-refractivity contribution in [2.75, 3.05) is 87.8 Å². The molecular formula is C28H44FN5O. The number of nitrogens with zero attached hydrogens (tertiary/aromatic N) is 5. The molecule has 1 fully saturated rings. The molecule has 35 heavy (non-hydrogen) atoms. The van der Waals surface area contributed by atoms with E-state index in [0.717, 1.165) is 82.8 Å². The van der Waals surface area contributed by atoms with Gasteiger partial charge in [0.1, 0.15) is 11.6 Å². The van der Waals surface area contributed by atoms with Crippen LogP contribution in [0.15, 0.2) is 42.6 Å². The first-order valence-corrected chi connectivity index (χ1v) is 13.2. The Hall–Kier alpha value is -2.38. The number of pyridine rings is 1. The number of halogens is 1. The summed E-state index contributed by atoms with van der Waals surface area (Å²) in [6, 6.07) is 11.3. The maximum Gasteiger partial charge on any atom is 0.130 e. The molecule has 1 aromatic carbocycles. The Morgan fingerprint density at radius 1 is 1.03 bits per heavy atom. The van der Waals surface area contributed by atoms with Crippen molar-refractivity contribution >= 4 is 17.2 Å². The number of likely N-dealkylation sites (N-methyl/N-ethyl adjacent to an activating group) is 2. The lowest BCUT2D eigenvalue weighted by Gasteiger charge is -2.36. The molecule has 6 nitrogen and oxygen atoms in total. The lowest BCUT2D eigenvalue weighted by atomic mass is 9.96. The van der Waals surface area contributed by atoms with Gasteiger partial charge in [0.15, 0.2) is 0 Å². The zero-order valence-corrected chi connectivity index (χ0v) is 22.1. The fraction of sp³-hybridized carbons (Fsp3) is 0.607. The van der Waals surface area contributed by atoms with E-state index in [-0.39, 0.29) is 5.82 Å². The molecule has 1 aromatic heterocycles. The quantitative estimate of drug-likeness (QED) is 0.384. The minimum Gasteiger partial charge on any atom is -0.383 e. The molecule has 0 unspecified atom stereocenters. The molecule has 0 radical (unpaired) electrons. The van der Waals surface area contributed by atoms with Crippen molar-refractivity contribution < 1.29 is 9.13 Å². The number of rotatable bonds is 14. The van der Waals surface area contributed by atoms with E-state index in [9.17, 15) is 4.39 Å². The largest absolute Gasteiger partial charge is 0.383 e. The van der Waals surface area contributed by atoms with Gasteiger partial charge in [0, 0.05) is 83.1 Å². The molecule has 3 rings (SSSR count). The second-order valence-electron chi connectivity index (χ2n) is 9.60. The van der Waals surface area contributed by atoms with E-state index in [0.29, 0.717) is 0 Å².